The first kappa shape index (κ1) is 16.7. The fourth-order valence-corrected chi connectivity index (χ4v) is 4.99. The first-order chi connectivity index (χ1) is 13.2. The SMILES string of the molecule is O=C1c2cccn2C2CN(Cc3ccsc3)CC2N1Cc1ccc(F)cc1. The van der Waals surface area contributed by atoms with Crippen LogP contribution in [0.5, 0.6) is 0 Å². The summed E-state index contributed by atoms with van der Waals surface area (Å²) >= 11 is 1.72. The van der Waals surface area contributed by atoms with E-state index in [4.69, 9.17) is 0 Å². The lowest BCUT2D eigenvalue weighted by molar-refractivity contribution is 0.0556. The maximum absolute atomic E-state index is 13.3. The molecule has 2 aromatic heterocycles. The third-order valence-corrected chi connectivity index (χ3v) is 6.34. The number of rotatable bonds is 4. The number of nitrogens with zero attached hydrogens (tertiary/aromatic N) is 3. The lowest BCUT2D eigenvalue weighted by Crippen LogP contribution is -2.49. The molecule has 1 saturated heterocycles. The normalized spacial score (nSPS) is 22.1. The molecule has 0 spiro atoms. The van der Waals surface area contributed by atoms with Gasteiger partial charge in [0.05, 0.1) is 12.1 Å². The van der Waals surface area contributed by atoms with Gasteiger partial charge in [-0.05, 0) is 52.2 Å². The van der Waals surface area contributed by atoms with Crippen LogP contribution < -0.4 is 0 Å². The summed E-state index contributed by atoms with van der Waals surface area (Å²) in [6.07, 6.45) is 2.02. The molecule has 1 amide bonds. The van der Waals surface area contributed by atoms with E-state index in [9.17, 15) is 9.18 Å². The number of halogens is 1. The van der Waals surface area contributed by atoms with E-state index in [2.05, 4.69) is 26.3 Å². The fourth-order valence-electron chi connectivity index (χ4n) is 4.33. The summed E-state index contributed by atoms with van der Waals surface area (Å²) in [5, 5.41) is 4.29. The Hall–Kier alpha value is -2.44. The molecule has 138 valence electrons. The van der Waals surface area contributed by atoms with Crippen LogP contribution in [0.4, 0.5) is 4.39 Å². The maximum atomic E-state index is 13.3. The van der Waals surface area contributed by atoms with Crippen molar-refractivity contribution in [2.75, 3.05) is 13.1 Å². The van der Waals surface area contributed by atoms with Crippen molar-refractivity contribution in [3.8, 4) is 0 Å². The smallest absolute Gasteiger partial charge is 0.271 e. The van der Waals surface area contributed by atoms with Crippen molar-refractivity contribution in [3.63, 3.8) is 0 Å². The molecule has 0 N–H and O–H groups in total. The monoisotopic (exact) mass is 381 g/mol. The Bertz CT molecular complexity index is 950. The van der Waals surface area contributed by atoms with Crippen LogP contribution in [0.3, 0.4) is 0 Å². The number of aromatic nitrogens is 1. The topological polar surface area (TPSA) is 28.5 Å². The Kier molecular flexibility index (Phi) is 4.10. The van der Waals surface area contributed by atoms with Crippen molar-refractivity contribution < 1.29 is 9.18 Å². The second-order valence-corrected chi connectivity index (χ2v) is 8.10. The number of likely N-dealkylation sites (tertiary alicyclic amines) is 1. The summed E-state index contributed by atoms with van der Waals surface area (Å²) in [6, 6.07) is 12.9. The number of hydrogen-bond acceptors (Lipinski definition) is 3. The van der Waals surface area contributed by atoms with E-state index in [1.807, 2.05) is 23.2 Å². The zero-order valence-electron chi connectivity index (χ0n) is 14.8. The highest BCUT2D eigenvalue weighted by atomic mass is 32.1. The van der Waals surface area contributed by atoms with Gasteiger partial charge in [0, 0.05) is 32.4 Å². The molecule has 27 heavy (non-hydrogen) atoms. The van der Waals surface area contributed by atoms with Gasteiger partial charge in [0.15, 0.2) is 0 Å². The molecule has 4 heterocycles. The lowest BCUT2D eigenvalue weighted by Gasteiger charge is -2.38. The zero-order valence-corrected chi connectivity index (χ0v) is 15.6. The van der Waals surface area contributed by atoms with Gasteiger partial charge in [-0.1, -0.05) is 12.1 Å². The number of amides is 1. The van der Waals surface area contributed by atoms with Crippen LogP contribution in [0.15, 0.2) is 59.4 Å². The average molecular weight is 381 g/mol. The molecule has 2 aliphatic heterocycles. The molecule has 4 nitrogen and oxygen atoms in total. The molecule has 6 heteroatoms. The van der Waals surface area contributed by atoms with Gasteiger partial charge >= 0.3 is 0 Å². The predicted molar refractivity (Wildman–Crippen MR) is 103 cm³/mol. The molecule has 3 aromatic rings. The first-order valence-corrected chi connectivity index (χ1v) is 10.1. The van der Waals surface area contributed by atoms with Crippen LogP contribution in [0.1, 0.15) is 27.7 Å². The molecular weight excluding hydrogens is 361 g/mol. The largest absolute Gasteiger partial charge is 0.337 e. The quantitative estimate of drug-likeness (QED) is 0.688. The molecule has 0 bridgehead atoms. The summed E-state index contributed by atoms with van der Waals surface area (Å²) in [7, 11) is 0. The Morgan fingerprint density at radius 3 is 2.59 bits per heavy atom. The number of carbonyl (C=O) groups is 1. The molecule has 2 atom stereocenters. The van der Waals surface area contributed by atoms with Crippen LogP contribution in [0.2, 0.25) is 0 Å². The Balaban J connectivity index is 1.44. The lowest BCUT2D eigenvalue weighted by atomic mass is 10.0. The van der Waals surface area contributed by atoms with Gasteiger partial charge in [-0.2, -0.15) is 11.3 Å². The van der Waals surface area contributed by atoms with E-state index in [0.29, 0.717) is 6.54 Å². The Morgan fingerprint density at radius 2 is 1.81 bits per heavy atom. The minimum absolute atomic E-state index is 0.0583. The second kappa shape index (κ2) is 6.62. The van der Waals surface area contributed by atoms with Crippen LogP contribution in [-0.4, -0.2) is 39.4 Å². The number of carbonyl (C=O) groups excluding carboxylic acids is 1. The summed E-state index contributed by atoms with van der Waals surface area (Å²) in [5.74, 6) is -0.193. The predicted octanol–water partition coefficient (Wildman–Crippen LogP) is 3.77. The Labute approximate surface area is 161 Å². The van der Waals surface area contributed by atoms with Gasteiger partial charge in [-0.15, -0.1) is 0 Å². The third-order valence-electron chi connectivity index (χ3n) is 5.60. The summed E-state index contributed by atoms with van der Waals surface area (Å²) in [6.45, 7) is 3.20. The summed E-state index contributed by atoms with van der Waals surface area (Å²) < 4.78 is 15.4. The van der Waals surface area contributed by atoms with Crippen molar-refractivity contribution in [1.29, 1.82) is 0 Å². The first-order valence-electron chi connectivity index (χ1n) is 9.15. The van der Waals surface area contributed by atoms with Gasteiger partial charge in [-0.3, -0.25) is 9.69 Å². The fraction of sp³-hybridized carbons (Fsp3) is 0.286. The average Bonchev–Trinajstić information content (AvgIpc) is 3.40. The molecule has 2 unspecified atom stereocenters. The Morgan fingerprint density at radius 1 is 1.00 bits per heavy atom. The van der Waals surface area contributed by atoms with Crippen molar-refractivity contribution in [1.82, 2.24) is 14.4 Å². The minimum atomic E-state index is -0.252. The molecule has 1 aromatic carbocycles. The number of benzene rings is 1. The summed E-state index contributed by atoms with van der Waals surface area (Å²) in [5.41, 5.74) is 3.03. The molecule has 0 aliphatic carbocycles. The van der Waals surface area contributed by atoms with Gasteiger partial charge in [0.25, 0.3) is 5.91 Å². The molecular formula is C21H20FN3OS. The number of fused-ring (bicyclic) bond motifs is 3. The van der Waals surface area contributed by atoms with E-state index < -0.39 is 0 Å². The van der Waals surface area contributed by atoms with Gasteiger partial charge < -0.3 is 9.47 Å². The van der Waals surface area contributed by atoms with E-state index in [1.165, 1.54) is 17.7 Å². The standard InChI is InChI=1S/C21H20FN3OS/c22-17-5-3-15(4-6-17)11-25-20-13-23(10-16-7-9-27-14-16)12-19(20)24-8-1-2-18(24)21(25)26/h1-9,14,19-20H,10-13H2. The van der Waals surface area contributed by atoms with E-state index in [-0.39, 0.29) is 23.8 Å². The highest BCUT2D eigenvalue weighted by Gasteiger charge is 2.44. The molecule has 2 aliphatic rings. The van der Waals surface area contributed by atoms with Crippen LogP contribution >= 0.6 is 11.3 Å². The van der Waals surface area contributed by atoms with Crippen LogP contribution in [0.25, 0.3) is 0 Å². The van der Waals surface area contributed by atoms with Gasteiger partial charge in [0.1, 0.15) is 11.5 Å². The number of hydrogen-bond donors (Lipinski definition) is 0. The van der Waals surface area contributed by atoms with Gasteiger partial charge in [-0.25, -0.2) is 4.39 Å². The highest BCUT2D eigenvalue weighted by molar-refractivity contribution is 7.07. The van der Waals surface area contributed by atoms with Crippen molar-refractivity contribution >= 4 is 17.2 Å². The molecule has 0 radical (unpaired) electrons. The third kappa shape index (κ3) is 2.99. The van der Waals surface area contributed by atoms with E-state index >= 15 is 0 Å². The minimum Gasteiger partial charge on any atom is -0.337 e. The number of thiophene rings is 1. The van der Waals surface area contributed by atoms with Crippen molar-refractivity contribution in [2.24, 2.45) is 0 Å². The summed E-state index contributed by atoms with van der Waals surface area (Å²) in [4.78, 5) is 17.5. The van der Waals surface area contributed by atoms with Crippen LogP contribution in [0, 0.1) is 5.82 Å². The molecule has 0 saturated carbocycles. The van der Waals surface area contributed by atoms with Crippen molar-refractivity contribution in [2.45, 2.75) is 25.2 Å². The zero-order chi connectivity index (χ0) is 18.4. The maximum Gasteiger partial charge on any atom is 0.271 e. The van der Waals surface area contributed by atoms with Crippen molar-refractivity contribution in [3.05, 3.63) is 82.1 Å². The van der Waals surface area contributed by atoms with E-state index in [0.717, 1.165) is 30.9 Å². The van der Waals surface area contributed by atoms with Crippen LogP contribution in [-0.2, 0) is 13.1 Å². The molecule has 5 rings (SSSR count). The molecule has 1 fully saturated rings. The highest BCUT2D eigenvalue weighted by Crippen LogP contribution is 2.35. The van der Waals surface area contributed by atoms with Gasteiger partial charge in [0.2, 0.25) is 0 Å². The van der Waals surface area contributed by atoms with E-state index in [1.54, 1.807) is 23.5 Å². The second-order valence-electron chi connectivity index (χ2n) is 7.32.